The van der Waals surface area contributed by atoms with E-state index in [-0.39, 0.29) is 0 Å². The van der Waals surface area contributed by atoms with E-state index in [9.17, 15) is 9.90 Å². The molecule has 3 heterocycles. The number of hydrogen-bond acceptors (Lipinski definition) is 9. The van der Waals surface area contributed by atoms with E-state index in [1.165, 1.54) is 13.8 Å². The van der Waals surface area contributed by atoms with Crippen LogP contribution in [0.1, 0.15) is 42.3 Å². The maximum atomic E-state index is 11.5. The van der Waals surface area contributed by atoms with Gasteiger partial charge in [0.05, 0.1) is 24.2 Å². The third-order valence-corrected chi connectivity index (χ3v) is 6.06. The monoisotopic (exact) mass is 482 g/mol. The number of aliphatic carboxylic acids is 1. The summed E-state index contributed by atoms with van der Waals surface area (Å²) >= 11 is 1.54. The van der Waals surface area contributed by atoms with Crippen LogP contribution in [0.2, 0.25) is 0 Å². The zero-order valence-corrected chi connectivity index (χ0v) is 20.3. The number of hydrogen-bond donors (Lipinski definition) is 1. The Morgan fingerprint density at radius 3 is 2.50 bits per heavy atom. The fourth-order valence-corrected chi connectivity index (χ4v) is 4.19. The van der Waals surface area contributed by atoms with Crippen LogP contribution in [0.25, 0.3) is 10.8 Å². The van der Waals surface area contributed by atoms with Gasteiger partial charge in [0.1, 0.15) is 12.0 Å². The molecule has 0 aliphatic heterocycles. The Morgan fingerprint density at radius 2 is 1.88 bits per heavy atom. The van der Waals surface area contributed by atoms with Crippen LogP contribution in [0.4, 0.5) is 0 Å². The zero-order valence-electron chi connectivity index (χ0n) is 19.4. The SMILES string of the molecule is Cc1cc(CN(Cc2ncco2)Cc2nnc(-c3cccs3)o2)cc(C)c1OC(C)(C)C(=O)O. The van der Waals surface area contributed by atoms with Gasteiger partial charge in [0.15, 0.2) is 5.60 Å². The molecule has 0 saturated carbocycles. The van der Waals surface area contributed by atoms with Crippen LogP contribution in [-0.4, -0.2) is 36.8 Å². The molecule has 3 aromatic heterocycles. The minimum absolute atomic E-state index is 0.406. The van der Waals surface area contributed by atoms with Gasteiger partial charge in [-0.15, -0.1) is 21.5 Å². The number of thiophene rings is 1. The highest BCUT2D eigenvalue weighted by molar-refractivity contribution is 7.13. The number of aromatic nitrogens is 3. The van der Waals surface area contributed by atoms with E-state index in [1.54, 1.807) is 23.8 Å². The molecule has 4 rings (SSSR count). The molecule has 0 bridgehead atoms. The summed E-state index contributed by atoms with van der Waals surface area (Å²) < 4.78 is 17.2. The van der Waals surface area contributed by atoms with Gasteiger partial charge in [0.2, 0.25) is 11.8 Å². The molecule has 0 aliphatic rings. The first-order valence-corrected chi connectivity index (χ1v) is 11.6. The summed E-state index contributed by atoms with van der Waals surface area (Å²) in [7, 11) is 0. The van der Waals surface area contributed by atoms with Crippen molar-refractivity contribution in [1.29, 1.82) is 0 Å². The van der Waals surface area contributed by atoms with Crippen molar-refractivity contribution < 1.29 is 23.5 Å². The highest BCUT2D eigenvalue weighted by atomic mass is 32.1. The summed E-state index contributed by atoms with van der Waals surface area (Å²) in [5, 5.41) is 19.8. The second-order valence-corrected chi connectivity index (χ2v) is 9.47. The Bertz CT molecular complexity index is 1230. The van der Waals surface area contributed by atoms with E-state index >= 15 is 0 Å². The minimum atomic E-state index is -1.33. The van der Waals surface area contributed by atoms with Crippen molar-refractivity contribution in [2.45, 2.75) is 52.9 Å². The zero-order chi connectivity index (χ0) is 24.3. The summed E-state index contributed by atoms with van der Waals surface area (Å²) in [6, 6.07) is 7.86. The summed E-state index contributed by atoms with van der Waals surface area (Å²) in [4.78, 5) is 18.7. The van der Waals surface area contributed by atoms with Gasteiger partial charge in [-0.25, -0.2) is 9.78 Å². The fourth-order valence-electron chi connectivity index (χ4n) is 3.55. The van der Waals surface area contributed by atoms with E-state index in [1.807, 2.05) is 43.5 Å². The van der Waals surface area contributed by atoms with Gasteiger partial charge in [-0.05, 0) is 55.8 Å². The standard InChI is InChI=1S/C24H26N4O5S/c1-15-10-17(11-16(2)21(15)33-24(3,4)23(29)30)12-28(13-19-25-7-8-31-19)14-20-26-27-22(32-20)18-6-5-9-34-18/h5-11H,12-14H2,1-4H3,(H,29,30). The first-order valence-electron chi connectivity index (χ1n) is 10.7. The Balaban J connectivity index is 1.55. The highest BCUT2D eigenvalue weighted by Gasteiger charge is 2.30. The molecule has 0 aliphatic carbocycles. The Morgan fingerprint density at radius 1 is 1.15 bits per heavy atom. The first-order chi connectivity index (χ1) is 16.2. The van der Waals surface area contributed by atoms with Crippen LogP contribution < -0.4 is 4.74 Å². The molecule has 0 atom stereocenters. The quantitative estimate of drug-likeness (QED) is 0.339. The second-order valence-electron chi connectivity index (χ2n) is 8.53. The maximum absolute atomic E-state index is 11.5. The number of oxazole rings is 1. The van der Waals surface area contributed by atoms with E-state index in [2.05, 4.69) is 20.1 Å². The van der Waals surface area contributed by atoms with Crippen molar-refractivity contribution in [3.05, 3.63) is 70.6 Å². The predicted molar refractivity (Wildman–Crippen MR) is 125 cm³/mol. The third kappa shape index (κ3) is 5.52. The lowest BCUT2D eigenvalue weighted by Gasteiger charge is -2.25. The maximum Gasteiger partial charge on any atom is 0.347 e. The van der Waals surface area contributed by atoms with Crippen molar-refractivity contribution in [1.82, 2.24) is 20.1 Å². The number of carbonyl (C=O) groups is 1. The van der Waals surface area contributed by atoms with Gasteiger partial charge in [-0.3, -0.25) is 4.90 Å². The lowest BCUT2D eigenvalue weighted by molar-refractivity contribution is -0.152. The van der Waals surface area contributed by atoms with Crippen LogP contribution in [0.15, 0.2) is 50.9 Å². The summed E-state index contributed by atoms with van der Waals surface area (Å²) in [6.45, 7) is 8.31. The van der Waals surface area contributed by atoms with Gasteiger partial charge in [-0.2, -0.15) is 0 Å². The van der Waals surface area contributed by atoms with Crippen LogP contribution >= 0.6 is 11.3 Å². The molecule has 34 heavy (non-hydrogen) atoms. The number of aryl methyl sites for hydroxylation is 2. The molecule has 0 fully saturated rings. The number of rotatable bonds is 10. The Hall–Kier alpha value is -3.50. The number of nitrogens with zero attached hydrogens (tertiary/aromatic N) is 4. The second kappa shape index (κ2) is 9.78. The van der Waals surface area contributed by atoms with Gasteiger partial charge >= 0.3 is 5.97 Å². The van der Waals surface area contributed by atoms with E-state index in [0.29, 0.717) is 43.1 Å². The van der Waals surface area contributed by atoms with Crippen LogP contribution in [0.3, 0.4) is 0 Å². The molecular formula is C24H26N4O5S. The average Bonchev–Trinajstić information content (AvgIpc) is 3.53. The minimum Gasteiger partial charge on any atom is -0.478 e. The van der Waals surface area contributed by atoms with Crippen molar-refractivity contribution in [3.8, 4) is 16.5 Å². The Kier molecular flexibility index (Phi) is 6.80. The molecule has 4 aromatic rings. The normalized spacial score (nSPS) is 11.8. The predicted octanol–water partition coefficient (Wildman–Crippen LogP) is 4.85. The fraction of sp³-hybridized carbons (Fsp3) is 0.333. The summed E-state index contributed by atoms with van der Waals surface area (Å²) in [5.74, 6) is 1.12. The summed E-state index contributed by atoms with van der Waals surface area (Å²) in [5.41, 5.74) is 1.42. The molecule has 10 heteroatoms. The van der Waals surface area contributed by atoms with E-state index in [0.717, 1.165) is 21.6 Å². The molecule has 0 saturated heterocycles. The van der Waals surface area contributed by atoms with Crippen molar-refractivity contribution >= 4 is 17.3 Å². The number of benzene rings is 1. The average molecular weight is 483 g/mol. The molecular weight excluding hydrogens is 456 g/mol. The first kappa shape index (κ1) is 23.7. The molecule has 0 spiro atoms. The molecule has 1 aromatic carbocycles. The van der Waals surface area contributed by atoms with E-state index < -0.39 is 11.6 Å². The molecule has 9 nitrogen and oxygen atoms in total. The van der Waals surface area contributed by atoms with Crippen molar-refractivity contribution in [2.24, 2.45) is 0 Å². The van der Waals surface area contributed by atoms with Gasteiger partial charge in [-0.1, -0.05) is 18.2 Å². The van der Waals surface area contributed by atoms with Crippen LogP contribution in [0.5, 0.6) is 5.75 Å². The van der Waals surface area contributed by atoms with Crippen molar-refractivity contribution in [3.63, 3.8) is 0 Å². The lowest BCUT2D eigenvalue weighted by atomic mass is 10.0. The van der Waals surface area contributed by atoms with Gasteiger partial charge in [0.25, 0.3) is 5.89 Å². The third-order valence-electron chi connectivity index (χ3n) is 5.20. The number of ether oxygens (including phenoxy) is 1. The molecule has 0 amide bonds. The van der Waals surface area contributed by atoms with Crippen LogP contribution in [-0.2, 0) is 24.4 Å². The largest absolute Gasteiger partial charge is 0.478 e. The van der Waals surface area contributed by atoms with Gasteiger partial charge in [0, 0.05) is 6.54 Å². The molecule has 1 N–H and O–H groups in total. The van der Waals surface area contributed by atoms with Crippen molar-refractivity contribution in [2.75, 3.05) is 0 Å². The lowest BCUT2D eigenvalue weighted by Crippen LogP contribution is -2.38. The summed E-state index contributed by atoms with van der Waals surface area (Å²) in [6.07, 6.45) is 3.15. The van der Waals surface area contributed by atoms with E-state index in [4.69, 9.17) is 13.6 Å². The van der Waals surface area contributed by atoms with Crippen LogP contribution in [0, 0.1) is 13.8 Å². The number of carboxylic acids is 1. The topological polar surface area (TPSA) is 115 Å². The molecule has 0 unspecified atom stereocenters. The van der Waals surface area contributed by atoms with Gasteiger partial charge < -0.3 is 18.7 Å². The number of carboxylic acid groups (broad SMARTS) is 1. The Labute approximate surface area is 201 Å². The molecule has 178 valence electrons. The smallest absolute Gasteiger partial charge is 0.347 e. The highest BCUT2D eigenvalue weighted by Crippen LogP contribution is 2.30. The molecule has 0 radical (unpaired) electrons.